The second-order valence-corrected chi connectivity index (χ2v) is 6.97. The Morgan fingerprint density at radius 2 is 2.23 bits per heavy atom. The molecule has 2 heterocycles. The lowest BCUT2D eigenvalue weighted by Gasteiger charge is -2.40. The van der Waals surface area contributed by atoms with Gasteiger partial charge in [0.25, 0.3) is 0 Å². The minimum Gasteiger partial charge on any atom is -0.381 e. The normalized spacial score (nSPS) is 33.4. The van der Waals surface area contributed by atoms with Gasteiger partial charge in [0, 0.05) is 43.6 Å². The summed E-state index contributed by atoms with van der Waals surface area (Å²) >= 11 is 0. The Morgan fingerprint density at radius 3 is 3.05 bits per heavy atom. The summed E-state index contributed by atoms with van der Waals surface area (Å²) in [6, 6.07) is 0.461. The maximum absolute atomic E-state index is 5.79. The Balaban J connectivity index is 1.49. The van der Waals surface area contributed by atoms with Crippen molar-refractivity contribution in [3.63, 3.8) is 0 Å². The third-order valence-electron chi connectivity index (χ3n) is 5.58. The molecule has 0 unspecified atom stereocenters. The monoisotopic (exact) mass is 306 g/mol. The lowest BCUT2D eigenvalue weighted by molar-refractivity contribution is -0.0609. The molecule has 3 atom stereocenters. The predicted molar refractivity (Wildman–Crippen MR) is 81.6 cm³/mol. The SMILES string of the molecule is CO[C@@H]1CCC[C@@H]1[C@@H]1COCCN1Cc1cnoc1C1CC1. The van der Waals surface area contributed by atoms with Crippen LogP contribution in [0.3, 0.4) is 0 Å². The van der Waals surface area contributed by atoms with Gasteiger partial charge in [0.1, 0.15) is 5.76 Å². The molecule has 0 spiro atoms. The second kappa shape index (κ2) is 6.30. The highest BCUT2D eigenvalue weighted by Gasteiger charge is 2.39. The summed E-state index contributed by atoms with van der Waals surface area (Å²) in [4.78, 5) is 2.57. The predicted octanol–water partition coefficient (Wildman–Crippen LogP) is 2.57. The third-order valence-corrected chi connectivity index (χ3v) is 5.58. The van der Waals surface area contributed by atoms with Crippen molar-refractivity contribution >= 4 is 0 Å². The highest BCUT2D eigenvalue weighted by molar-refractivity contribution is 5.21. The van der Waals surface area contributed by atoms with Gasteiger partial charge in [-0.05, 0) is 25.7 Å². The molecule has 3 fully saturated rings. The van der Waals surface area contributed by atoms with Gasteiger partial charge in [0.2, 0.25) is 0 Å². The zero-order valence-corrected chi connectivity index (χ0v) is 13.4. The molecular formula is C17H26N2O3. The molecule has 122 valence electrons. The van der Waals surface area contributed by atoms with E-state index in [0.717, 1.165) is 32.1 Å². The van der Waals surface area contributed by atoms with E-state index in [-0.39, 0.29) is 0 Å². The molecule has 1 aromatic heterocycles. The van der Waals surface area contributed by atoms with Gasteiger partial charge in [-0.3, -0.25) is 4.90 Å². The molecule has 0 bridgehead atoms. The number of hydrogen-bond donors (Lipinski definition) is 0. The lowest BCUT2D eigenvalue weighted by Crippen LogP contribution is -2.50. The summed E-state index contributed by atoms with van der Waals surface area (Å²) in [5.74, 6) is 2.34. The molecule has 1 aromatic rings. The van der Waals surface area contributed by atoms with Crippen LogP contribution < -0.4 is 0 Å². The average molecular weight is 306 g/mol. The summed E-state index contributed by atoms with van der Waals surface area (Å²) < 4.78 is 17.0. The van der Waals surface area contributed by atoms with E-state index in [1.807, 2.05) is 13.3 Å². The summed E-state index contributed by atoms with van der Waals surface area (Å²) in [5, 5.41) is 4.04. The highest BCUT2D eigenvalue weighted by atomic mass is 16.5. The fourth-order valence-corrected chi connectivity index (χ4v) is 4.22. The standard InChI is InChI=1S/C17H26N2O3/c1-20-16-4-2-3-14(16)15-11-21-8-7-19(15)10-13-9-18-22-17(13)12-5-6-12/h9,12,14-16H,2-8,10-11H2,1H3/t14-,15+,16-/m1/s1. The Labute approximate surface area is 131 Å². The first-order valence-corrected chi connectivity index (χ1v) is 8.65. The Kier molecular flexibility index (Phi) is 4.20. The second-order valence-electron chi connectivity index (χ2n) is 6.97. The van der Waals surface area contributed by atoms with Gasteiger partial charge in [-0.1, -0.05) is 11.6 Å². The molecule has 5 nitrogen and oxygen atoms in total. The molecule has 2 saturated carbocycles. The van der Waals surface area contributed by atoms with Crippen LogP contribution in [0.1, 0.15) is 49.3 Å². The smallest absolute Gasteiger partial charge is 0.144 e. The highest BCUT2D eigenvalue weighted by Crippen LogP contribution is 2.42. The van der Waals surface area contributed by atoms with Crippen LogP contribution in [0.2, 0.25) is 0 Å². The minimum atomic E-state index is 0.388. The summed E-state index contributed by atoms with van der Waals surface area (Å²) in [6.45, 7) is 3.59. The van der Waals surface area contributed by atoms with Crippen LogP contribution in [0, 0.1) is 5.92 Å². The number of rotatable bonds is 5. The topological polar surface area (TPSA) is 47.7 Å². The zero-order chi connectivity index (χ0) is 14.9. The van der Waals surface area contributed by atoms with Crippen molar-refractivity contribution in [2.24, 2.45) is 5.92 Å². The van der Waals surface area contributed by atoms with E-state index in [4.69, 9.17) is 14.0 Å². The van der Waals surface area contributed by atoms with Crippen LogP contribution in [0.4, 0.5) is 0 Å². The van der Waals surface area contributed by atoms with Crippen molar-refractivity contribution in [1.29, 1.82) is 0 Å². The van der Waals surface area contributed by atoms with Crippen molar-refractivity contribution in [2.75, 3.05) is 26.9 Å². The minimum absolute atomic E-state index is 0.388. The fraction of sp³-hybridized carbons (Fsp3) is 0.824. The molecule has 22 heavy (non-hydrogen) atoms. The first kappa shape index (κ1) is 14.7. The van der Waals surface area contributed by atoms with Gasteiger partial charge in [-0.25, -0.2) is 0 Å². The van der Waals surface area contributed by atoms with Crippen LogP contribution >= 0.6 is 0 Å². The molecule has 0 aromatic carbocycles. The van der Waals surface area contributed by atoms with Crippen LogP contribution in [0.15, 0.2) is 10.7 Å². The molecule has 4 rings (SSSR count). The Morgan fingerprint density at radius 1 is 1.32 bits per heavy atom. The Hall–Kier alpha value is -0.910. The van der Waals surface area contributed by atoms with E-state index < -0.39 is 0 Å². The third kappa shape index (κ3) is 2.82. The summed E-state index contributed by atoms with van der Waals surface area (Å²) in [5.41, 5.74) is 1.28. The van der Waals surface area contributed by atoms with Crippen LogP contribution in [0.25, 0.3) is 0 Å². The molecule has 1 saturated heterocycles. The van der Waals surface area contributed by atoms with E-state index in [2.05, 4.69) is 10.1 Å². The summed E-state index contributed by atoms with van der Waals surface area (Å²) in [6.07, 6.45) is 8.52. The molecule has 2 aliphatic carbocycles. The van der Waals surface area contributed by atoms with Gasteiger partial charge >= 0.3 is 0 Å². The lowest BCUT2D eigenvalue weighted by atomic mass is 9.93. The van der Waals surface area contributed by atoms with Gasteiger partial charge < -0.3 is 14.0 Å². The summed E-state index contributed by atoms with van der Waals surface area (Å²) in [7, 11) is 1.85. The van der Waals surface area contributed by atoms with Gasteiger partial charge in [0.15, 0.2) is 0 Å². The molecule has 1 aliphatic heterocycles. The van der Waals surface area contributed by atoms with Gasteiger partial charge in [-0.15, -0.1) is 0 Å². The van der Waals surface area contributed by atoms with Crippen LogP contribution in [-0.2, 0) is 16.0 Å². The quantitative estimate of drug-likeness (QED) is 0.837. The number of hydrogen-bond acceptors (Lipinski definition) is 5. The molecule has 5 heteroatoms. The molecule has 0 amide bonds. The van der Waals surface area contributed by atoms with Crippen molar-refractivity contribution in [3.05, 3.63) is 17.5 Å². The van der Waals surface area contributed by atoms with Crippen LogP contribution in [-0.4, -0.2) is 49.1 Å². The number of nitrogens with zero attached hydrogens (tertiary/aromatic N) is 2. The fourth-order valence-electron chi connectivity index (χ4n) is 4.22. The molecular weight excluding hydrogens is 280 g/mol. The van der Waals surface area contributed by atoms with E-state index >= 15 is 0 Å². The largest absolute Gasteiger partial charge is 0.381 e. The maximum atomic E-state index is 5.79. The van der Waals surface area contributed by atoms with Gasteiger partial charge in [0.05, 0.1) is 25.5 Å². The van der Waals surface area contributed by atoms with E-state index in [9.17, 15) is 0 Å². The van der Waals surface area contributed by atoms with Crippen molar-refractivity contribution in [2.45, 2.75) is 56.7 Å². The number of ether oxygens (including phenoxy) is 2. The first-order chi connectivity index (χ1) is 10.9. The first-order valence-electron chi connectivity index (χ1n) is 8.65. The average Bonchev–Trinajstić information content (AvgIpc) is 3.10. The molecule has 0 radical (unpaired) electrons. The number of morpholine rings is 1. The van der Waals surface area contributed by atoms with Crippen molar-refractivity contribution in [1.82, 2.24) is 10.1 Å². The van der Waals surface area contributed by atoms with Gasteiger partial charge in [-0.2, -0.15) is 0 Å². The molecule has 0 N–H and O–H groups in total. The van der Waals surface area contributed by atoms with Crippen molar-refractivity contribution in [3.8, 4) is 0 Å². The van der Waals surface area contributed by atoms with E-state index in [1.165, 1.54) is 37.7 Å². The number of aromatic nitrogens is 1. The van der Waals surface area contributed by atoms with E-state index in [0.29, 0.717) is 24.0 Å². The van der Waals surface area contributed by atoms with Crippen molar-refractivity contribution < 1.29 is 14.0 Å². The maximum Gasteiger partial charge on any atom is 0.144 e. The number of methoxy groups -OCH3 is 1. The van der Waals surface area contributed by atoms with E-state index in [1.54, 1.807) is 0 Å². The Bertz CT molecular complexity index is 500. The molecule has 3 aliphatic rings. The van der Waals surface area contributed by atoms with Crippen LogP contribution in [0.5, 0.6) is 0 Å². The zero-order valence-electron chi connectivity index (χ0n) is 13.4.